The number of hydrogen-bond acceptors (Lipinski definition) is 3. The summed E-state index contributed by atoms with van der Waals surface area (Å²) in [7, 11) is 0. The molecule has 120 valence electrons. The first-order chi connectivity index (χ1) is 11.2. The Morgan fingerprint density at radius 1 is 1.26 bits per heavy atom. The lowest BCUT2D eigenvalue weighted by Crippen LogP contribution is -2.36. The lowest BCUT2D eigenvalue weighted by Gasteiger charge is -2.18. The maximum absolute atomic E-state index is 12.2. The highest BCUT2D eigenvalue weighted by atomic mass is 16.5. The van der Waals surface area contributed by atoms with E-state index in [9.17, 15) is 9.90 Å². The Kier molecular flexibility index (Phi) is 4.48. The van der Waals surface area contributed by atoms with E-state index >= 15 is 0 Å². The number of urea groups is 1. The van der Waals surface area contributed by atoms with Gasteiger partial charge in [-0.05, 0) is 30.2 Å². The molecule has 1 aliphatic rings. The van der Waals surface area contributed by atoms with Gasteiger partial charge in [0.25, 0.3) is 0 Å². The zero-order valence-corrected chi connectivity index (χ0v) is 13.0. The average molecular weight is 312 g/mol. The minimum Gasteiger partial charge on any atom is -0.494 e. The molecule has 5 nitrogen and oxygen atoms in total. The monoisotopic (exact) mass is 312 g/mol. The lowest BCUT2D eigenvalue weighted by molar-refractivity contribution is 0.144. The molecule has 0 saturated carbocycles. The molecule has 23 heavy (non-hydrogen) atoms. The molecule has 0 aromatic heterocycles. The zero-order chi connectivity index (χ0) is 16.2. The second-order valence-corrected chi connectivity index (χ2v) is 5.51. The van der Waals surface area contributed by atoms with Gasteiger partial charge >= 0.3 is 6.03 Å². The SMILES string of the molecule is CCOc1cccc(NC(=O)N[C@@H]2c3ccccc3C[C@@H]2O)c1. The second-order valence-electron chi connectivity index (χ2n) is 5.51. The topological polar surface area (TPSA) is 70.6 Å². The number of rotatable bonds is 4. The molecule has 2 amide bonds. The summed E-state index contributed by atoms with van der Waals surface area (Å²) < 4.78 is 5.41. The van der Waals surface area contributed by atoms with Crippen LogP contribution in [-0.4, -0.2) is 23.8 Å². The predicted molar refractivity (Wildman–Crippen MR) is 88.7 cm³/mol. The third kappa shape index (κ3) is 3.46. The standard InChI is InChI=1S/C18H20N2O3/c1-2-23-14-8-5-7-13(11-14)19-18(22)20-17-15-9-4-3-6-12(15)10-16(17)21/h3-9,11,16-17,21H,2,10H2,1H3,(H2,19,20,22)/t16-,17+/m0/s1. The van der Waals surface area contributed by atoms with Gasteiger partial charge in [-0.15, -0.1) is 0 Å². The van der Waals surface area contributed by atoms with E-state index in [0.29, 0.717) is 24.5 Å². The van der Waals surface area contributed by atoms with Crippen molar-refractivity contribution < 1.29 is 14.6 Å². The van der Waals surface area contributed by atoms with Crippen LogP contribution in [0.1, 0.15) is 24.1 Å². The fourth-order valence-corrected chi connectivity index (χ4v) is 2.89. The van der Waals surface area contributed by atoms with E-state index in [1.54, 1.807) is 12.1 Å². The normalized spacial score (nSPS) is 19.0. The van der Waals surface area contributed by atoms with Crippen molar-refractivity contribution in [3.8, 4) is 5.75 Å². The molecule has 0 bridgehead atoms. The van der Waals surface area contributed by atoms with Crippen molar-refractivity contribution in [3.05, 3.63) is 59.7 Å². The average Bonchev–Trinajstić information content (AvgIpc) is 2.84. The second kappa shape index (κ2) is 6.71. The summed E-state index contributed by atoms with van der Waals surface area (Å²) in [5.74, 6) is 0.705. The molecule has 2 aromatic carbocycles. The van der Waals surface area contributed by atoms with E-state index in [1.807, 2.05) is 43.3 Å². The first kappa shape index (κ1) is 15.4. The third-order valence-corrected chi connectivity index (χ3v) is 3.89. The first-order valence-corrected chi connectivity index (χ1v) is 7.73. The highest BCUT2D eigenvalue weighted by Gasteiger charge is 2.31. The number of carbonyl (C=O) groups excluding carboxylic acids is 1. The molecule has 0 fully saturated rings. The van der Waals surface area contributed by atoms with Crippen molar-refractivity contribution in [3.63, 3.8) is 0 Å². The lowest BCUT2D eigenvalue weighted by atomic mass is 10.1. The largest absolute Gasteiger partial charge is 0.494 e. The molecule has 0 unspecified atom stereocenters. The Hall–Kier alpha value is -2.53. The van der Waals surface area contributed by atoms with Gasteiger partial charge in [0.2, 0.25) is 0 Å². The fraction of sp³-hybridized carbons (Fsp3) is 0.278. The van der Waals surface area contributed by atoms with Crippen molar-refractivity contribution in [2.45, 2.75) is 25.5 Å². The van der Waals surface area contributed by atoms with Crippen LogP contribution in [0, 0.1) is 0 Å². The highest BCUT2D eigenvalue weighted by Crippen LogP contribution is 2.31. The van der Waals surface area contributed by atoms with Crippen molar-refractivity contribution in [2.75, 3.05) is 11.9 Å². The maximum atomic E-state index is 12.2. The number of ether oxygens (including phenoxy) is 1. The van der Waals surface area contributed by atoms with Crippen molar-refractivity contribution in [2.24, 2.45) is 0 Å². The zero-order valence-electron chi connectivity index (χ0n) is 13.0. The van der Waals surface area contributed by atoms with Gasteiger partial charge in [0.1, 0.15) is 5.75 Å². The summed E-state index contributed by atoms with van der Waals surface area (Å²) >= 11 is 0. The number of carbonyl (C=O) groups is 1. The molecule has 0 heterocycles. The maximum Gasteiger partial charge on any atom is 0.319 e. The predicted octanol–water partition coefficient (Wildman–Crippen LogP) is 2.87. The summed E-state index contributed by atoms with van der Waals surface area (Å²) in [4.78, 5) is 12.2. The van der Waals surface area contributed by atoms with Gasteiger partial charge in [-0.25, -0.2) is 4.79 Å². The summed E-state index contributed by atoms with van der Waals surface area (Å²) in [6.07, 6.45) is -0.0473. The van der Waals surface area contributed by atoms with Crippen LogP contribution in [0.2, 0.25) is 0 Å². The minimum atomic E-state index is -0.604. The number of aliphatic hydroxyl groups excluding tert-OH is 1. The van der Waals surface area contributed by atoms with E-state index in [-0.39, 0.29) is 12.1 Å². The Morgan fingerprint density at radius 2 is 2.09 bits per heavy atom. The number of amides is 2. The van der Waals surface area contributed by atoms with Gasteiger partial charge in [-0.2, -0.15) is 0 Å². The number of anilines is 1. The van der Waals surface area contributed by atoms with Crippen LogP contribution in [0.5, 0.6) is 5.75 Å². The van der Waals surface area contributed by atoms with Gasteiger partial charge in [0, 0.05) is 18.2 Å². The van der Waals surface area contributed by atoms with E-state index < -0.39 is 6.10 Å². The van der Waals surface area contributed by atoms with Crippen LogP contribution in [0.15, 0.2) is 48.5 Å². The molecule has 5 heteroatoms. The van der Waals surface area contributed by atoms with Gasteiger partial charge in [-0.3, -0.25) is 0 Å². The molecule has 0 saturated heterocycles. The molecule has 0 radical (unpaired) electrons. The summed E-state index contributed by atoms with van der Waals surface area (Å²) in [6.45, 7) is 2.48. The van der Waals surface area contributed by atoms with E-state index in [2.05, 4.69) is 10.6 Å². The highest BCUT2D eigenvalue weighted by molar-refractivity contribution is 5.89. The number of nitrogens with one attached hydrogen (secondary N) is 2. The Labute approximate surface area is 135 Å². The number of aliphatic hydroxyl groups is 1. The smallest absolute Gasteiger partial charge is 0.319 e. The molecule has 2 atom stereocenters. The van der Waals surface area contributed by atoms with Crippen LogP contribution < -0.4 is 15.4 Å². The first-order valence-electron chi connectivity index (χ1n) is 7.73. The summed E-state index contributed by atoms with van der Waals surface area (Å²) in [5, 5.41) is 15.8. The molecule has 3 N–H and O–H groups in total. The minimum absolute atomic E-state index is 0.348. The van der Waals surface area contributed by atoms with Gasteiger partial charge < -0.3 is 20.5 Å². The molecule has 0 aliphatic heterocycles. The quantitative estimate of drug-likeness (QED) is 0.813. The van der Waals surface area contributed by atoms with Crippen LogP contribution in [-0.2, 0) is 6.42 Å². The van der Waals surface area contributed by atoms with Gasteiger partial charge in [0.05, 0.1) is 18.8 Å². The van der Waals surface area contributed by atoms with Crippen LogP contribution >= 0.6 is 0 Å². The van der Waals surface area contributed by atoms with Crippen molar-refractivity contribution in [1.82, 2.24) is 5.32 Å². The summed E-state index contributed by atoms with van der Waals surface area (Å²) in [5.41, 5.74) is 2.69. The van der Waals surface area contributed by atoms with E-state index in [1.165, 1.54) is 0 Å². The van der Waals surface area contributed by atoms with Crippen molar-refractivity contribution >= 4 is 11.7 Å². The Morgan fingerprint density at radius 3 is 2.91 bits per heavy atom. The van der Waals surface area contributed by atoms with Gasteiger partial charge in [0.15, 0.2) is 0 Å². The molecule has 2 aromatic rings. The van der Waals surface area contributed by atoms with E-state index in [0.717, 1.165) is 11.1 Å². The number of hydrogen-bond donors (Lipinski definition) is 3. The van der Waals surface area contributed by atoms with Crippen LogP contribution in [0.4, 0.5) is 10.5 Å². The fourth-order valence-electron chi connectivity index (χ4n) is 2.89. The third-order valence-electron chi connectivity index (χ3n) is 3.89. The molecule has 1 aliphatic carbocycles. The Bertz CT molecular complexity index is 702. The number of fused-ring (bicyclic) bond motifs is 1. The Balaban J connectivity index is 1.67. The molecular weight excluding hydrogens is 292 g/mol. The molecular formula is C18H20N2O3. The van der Waals surface area contributed by atoms with Crippen LogP contribution in [0.25, 0.3) is 0 Å². The number of benzene rings is 2. The van der Waals surface area contributed by atoms with Crippen molar-refractivity contribution in [1.29, 1.82) is 0 Å². The summed E-state index contributed by atoms with van der Waals surface area (Å²) in [6, 6.07) is 14.2. The van der Waals surface area contributed by atoms with Crippen LogP contribution in [0.3, 0.4) is 0 Å². The molecule has 0 spiro atoms. The van der Waals surface area contributed by atoms with E-state index in [4.69, 9.17) is 4.74 Å². The molecule has 3 rings (SSSR count). The van der Waals surface area contributed by atoms with Gasteiger partial charge in [-0.1, -0.05) is 30.3 Å².